The maximum Gasteiger partial charge on any atom is 0.316 e. The minimum absolute atomic E-state index is 0.0886. The number of hydrogen-bond acceptors (Lipinski definition) is 6. The fourth-order valence-corrected chi connectivity index (χ4v) is 2.01. The lowest BCUT2D eigenvalue weighted by Gasteiger charge is -2.55. The number of ether oxygens (including phenoxy) is 1. The van der Waals surface area contributed by atoms with Gasteiger partial charge in [0.1, 0.15) is 5.60 Å². The van der Waals surface area contributed by atoms with Crippen molar-refractivity contribution in [3.05, 3.63) is 0 Å². The van der Waals surface area contributed by atoms with Crippen LogP contribution in [-0.4, -0.2) is 52.5 Å². The van der Waals surface area contributed by atoms with E-state index >= 15 is 0 Å². The minimum atomic E-state index is -1.14. The maximum absolute atomic E-state index is 11.1. The number of carbonyl (C=O) groups is 1. The minimum Gasteiger partial charge on any atom is -0.455 e. The predicted octanol–water partition coefficient (Wildman–Crippen LogP) is -1.04. The van der Waals surface area contributed by atoms with Gasteiger partial charge in [-0.3, -0.25) is 4.79 Å². The number of carbonyl (C=O) groups excluding carboxylic acids is 1. The van der Waals surface area contributed by atoms with Crippen molar-refractivity contribution in [2.45, 2.75) is 18.4 Å². The standard InChI is InChI=1S/C9H16O5S/c10-4-8(5-11)1-2-9(8,6-12)14-7(13)3-15/h10-12,15H,1-6H2. The van der Waals surface area contributed by atoms with E-state index in [1.165, 1.54) is 0 Å². The second-order valence-electron chi connectivity index (χ2n) is 3.88. The molecule has 1 rings (SSSR count). The Balaban J connectivity index is 2.81. The van der Waals surface area contributed by atoms with Crippen molar-refractivity contribution in [1.82, 2.24) is 0 Å². The Bertz CT molecular complexity index is 231. The fraction of sp³-hybridized carbons (Fsp3) is 0.889. The van der Waals surface area contributed by atoms with Crippen LogP contribution in [0.2, 0.25) is 0 Å². The lowest BCUT2D eigenvalue weighted by molar-refractivity contribution is -0.240. The lowest BCUT2D eigenvalue weighted by Crippen LogP contribution is -2.65. The van der Waals surface area contributed by atoms with Crippen molar-refractivity contribution in [2.24, 2.45) is 5.41 Å². The molecule has 0 amide bonds. The molecule has 0 heterocycles. The van der Waals surface area contributed by atoms with E-state index in [9.17, 15) is 20.1 Å². The van der Waals surface area contributed by atoms with Crippen LogP contribution in [0.5, 0.6) is 0 Å². The van der Waals surface area contributed by atoms with E-state index in [4.69, 9.17) is 4.74 Å². The average Bonchev–Trinajstić information content (AvgIpc) is 2.26. The molecule has 0 spiro atoms. The molecule has 0 aromatic rings. The Morgan fingerprint density at radius 3 is 2.07 bits per heavy atom. The summed E-state index contributed by atoms with van der Waals surface area (Å²) in [5.74, 6) is -0.646. The molecule has 88 valence electrons. The Morgan fingerprint density at radius 2 is 1.80 bits per heavy atom. The summed E-state index contributed by atoms with van der Waals surface area (Å²) < 4.78 is 5.08. The Hall–Kier alpha value is -0.300. The second-order valence-corrected chi connectivity index (χ2v) is 4.20. The van der Waals surface area contributed by atoms with Gasteiger partial charge in [-0.2, -0.15) is 12.6 Å². The monoisotopic (exact) mass is 236 g/mol. The third-order valence-electron chi connectivity index (χ3n) is 3.27. The summed E-state index contributed by atoms with van der Waals surface area (Å²) in [5.41, 5.74) is -2.06. The summed E-state index contributed by atoms with van der Waals surface area (Å²) in [5, 5.41) is 27.7. The van der Waals surface area contributed by atoms with Gasteiger partial charge in [0.2, 0.25) is 0 Å². The van der Waals surface area contributed by atoms with Crippen molar-refractivity contribution in [2.75, 3.05) is 25.6 Å². The maximum atomic E-state index is 11.1. The number of aliphatic hydroxyl groups excluding tert-OH is 3. The van der Waals surface area contributed by atoms with Crippen molar-refractivity contribution in [1.29, 1.82) is 0 Å². The van der Waals surface area contributed by atoms with Gasteiger partial charge < -0.3 is 20.1 Å². The Morgan fingerprint density at radius 1 is 1.20 bits per heavy atom. The molecule has 1 aliphatic carbocycles. The molecule has 0 aromatic heterocycles. The van der Waals surface area contributed by atoms with Crippen molar-refractivity contribution >= 4 is 18.6 Å². The summed E-state index contributed by atoms with van der Waals surface area (Å²) in [6.07, 6.45) is 0.977. The van der Waals surface area contributed by atoms with Gasteiger partial charge in [-0.25, -0.2) is 0 Å². The van der Waals surface area contributed by atoms with Gasteiger partial charge >= 0.3 is 5.97 Å². The van der Waals surface area contributed by atoms with Gasteiger partial charge in [-0.1, -0.05) is 0 Å². The first-order valence-electron chi connectivity index (χ1n) is 4.75. The number of aliphatic hydroxyl groups is 3. The van der Waals surface area contributed by atoms with Crippen LogP contribution in [0.1, 0.15) is 12.8 Å². The molecule has 1 atom stereocenters. The normalized spacial score (nSPS) is 28.3. The van der Waals surface area contributed by atoms with Crippen LogP contribution < -0.4 is 0 Å². The van der Waals surface area contributed by atoms with Crippen LogP contribution in [0, 0.1) is 5.41 Å². The highest BCUT2D eigenvalue weighted by atomic mass is 32.1. The van der Waals surface area contributed by atoms with E-state index in [-0.39, 0.29) is 19.0 Å². The number of hydrogen-bond donors (Lipinski definition) is 4. The highest BCUT2D eigenvalue weighted by molar-refractivity contribution is 7.81. The quantitative estimate of drug-likeness (QED) is 0.362. The van der Waals surface area contributed by atoms with Gasteiger partial charge in [-0.05, 0) is 12.8 Å². The smallest absolute Gasteiger partial charge is 0.316 e. The zero-order valence-corrected chi connectivity index (χ0v) is 9.24. The first-order chi connectivity index (χ1) is 7.09. The zero-order valence-electron chi connectivity index (χ0n) is 8.35. The van der Waals surface area contributed by atoms with Crippen LogP contribution in [0.25, 0.3) is 0 Å². The van der Waals surface area contributed by atoms with Gasteiger partial charge in [0, 0.05) is 0 Å². The molecule has 0 radical (unpaired) electrons. The number of esters is 1. The molecule has 3 N–H and O–H groups in total. The van der Waals surface area contributed by atoms with Crippen LogP contribution >= 0.6 is 12.6 Å². The van der Waals surface area contributed by atoms with Gasteiger partial charge in [0.05, 0.1) is 31.0 Å². The van der Waals surface area contributed by atoms with Crippen LogP contribution in [-0.2, 0) is 9.53 Å². The predicted molar refractivity (Wildman–Crippen MR) is 55.6 cm³/mol. The van der Waals surface area contributed by atoms with Gasteiger partial charge in [0.25, 0.3) is 0 Å². The molecule has 0 saturated heterocycles. The van der Waals surface area contributed by atoms with E-state index in [1.807, 2.05) is 0 Å². The molecule has 15 heavy (non-hydrogen) atoms. The van der Waals surface area contributed by atoms with E-state index in [0.717, 1.165) is 0 Å². The zero-order chi connectivity index (χ0) is 11.5. The van der Waals surface area contributed by atoms with Crippen LogP contribution in [0.3, 0.4) is 0 Å². The lowest BCUT2D eigenvalue weighted by atomic mass is 9.57. The number of thiol groups is 1. The van der Waals surface area contributed by atoms with E-state index < -0.39 is 23.6 Å². The first-order valence-corrected chi connectivity index (χ1v) is 5.38. The van der Waals surface area contributed by atoms with Crippen molar-refractivity contribution in [3.8, 4) is 0 Å². The fourth-order valence-electron chi connectivity index (χ4n) is 1.94. The van der Waals surface area contributed by atoms with Crippen molar-refractivity contribution in [3.63, 3.8) is 0 Å². The second kappa shape index (κ2) is 4.69. The van der Waals surface area contributed by atoms with E-state index in [2.05, 4.69) is 12.6 Å². The summed E-state index contributed by atoms with van der Waals surface area (Å²) in [7, 11) is 0. The molecule has 5 nitrogen and oxygen atoms in total. The van der Waals surface area contributed by atoms with E-state index in [0.29, 0.717) is 12.8 Å². The topological polar surface area (TPSA) is 87.0 Å². The first kappa shape index (κ1) is 12.8. The SMILES string of the molecule is O=C(CS)OC1(CO)CCC1(CO)CO. The van der Waals surface area contributed by atoms with E-state index in [1.54, 1.807) is 0 Å². The number of rotatable bonds is 5. The summed E-state index contributed by atoms with van der Waals surface area (Å²) in [6, 6.07) is 0. The molecule has 0 aromatic carbocycles. The molecule has 1 fully saturated rings. The highest BCUT2D eigenvalue weighted by Gasteiger charge is 2.61. The van der Waals surface area contributed by atoms with Crippen LogP contribution in [0.15, 0.2) is 0 Å². The third-order valence-corrected chi connectivity index (χ3v) is 3.53. The molecular formula is C9H16O5S. The summed E-state index contributed by atoms with van der Waals surface area (Å²) in [6.45, 7) is -1.03. The Kier molecular flexibility index (Phi) is 3.99. The largest absolute Gasteiger partial charge is 0.455 e. The summed E-state index contributed by atoms with van der Waals surface area (Å²) >= 11 is 3.76. The highest BCUT2D eigenvalue weighted by Crippen LogP contribution is 2.51. The van der Waals surface area contributed by atoms with Gasteiger partial charge in [-0.15, -0.1) is 0 Å². The molecular weight excluding hydrogens is 220 g/mol. The molecule has 6 heteroatoms. The van der Waals surface area contributed by atoms with Crippen LogP contribution in [0.4, 0.5) is 0 Å². The summed E-state index contributed by atoms with van der Waals surface area (Å²) in [4.78, 5) is 11.1. The molecule has 0 bridgehead atoms. The molecule has 0 aliphatic heterocycles. The van der Waals surface area contributed by atoms with Crippen molar-refractivity contribution < 1.29 is 24.9 Å². The van der Waals surface area contributed by atoms with Gasteiger partial charge in [0.15, 0.2) is 0 Å². The third kappa shape index (κ3) is 1.87. The molecule has 1 aliphatic rings. The molecule has 1 saturated carbocycles. The molecule has 1 unspecified atom stereocenters. The Labute approximate surface area is 93.5 Å². The average molecular weight is 236 g/mol.